The van der Waals surface area contributed by atoms with E-state index in [4.69, 9.17) is 11.5 Å². The van der Waals surface area contributed by atoms with E-state index in [-0.39, 0.29) is 12.8 Å². The number of aliphatic carboxylic acids is 1. The summed E-state index contributed by atoms with van der Waals surface area (Å²) in [5, 5.41) is 16.5. The zero-order chi connectivity index (χ0) is 23.3. The molecule has 0 aliphatic carbocycles. The van der Waals surface area contributed by atoms with Gasteiger partial charge in [0.2, 0.25) is 23.6 Å². The highest BCUT2D eigenvalue weighted by molar-refractivity contribution is 7.98. The van der Waals surface area contributed by atoms with Crippen LogP contribution >= 0.6 is 23.5 Å². The Balaban J connectivity index is 5.35. The van der Waals surface area contributed by atoms with Crippen LogP contribution in [0.2, 0.25) is 0 Å². The molecule has 0 aromatic rings. The number of thioether (sulfide) groups is 2. The molecule has 0 aromatic heterocycles. The third-order valence-electron chi connectivity index (χ3n) is 3.92. The van der Waals surface area contributed by atoms with Crippen molar-refractivity contribution < 1.29 is 29.1 Å². The van der Waals surface area contributed by atoms with Crippen molar-refractivity contribution in [3.8, 4) is 0 Å². The van der Waals surface area contributed by atoms with Crippen molar-refractivity contribution in [1.29, 1.82) is 0 Å². The second kappa shape index (κ2) is 14.9. The quantitative estimate of drug-likeness (QED) is 0.163. The van der Waals surface area contributed by atoms with Gasteiger partial charge in [-0.3, -0.25) is 19.2 Å². The minimum atomic E-state index is -1.38. The van der Waals surface area contributed by atoms with Crippen LogP contribution in [-0.4, -0.2) is 82.9 Å². The lowest BCUT2D eigenvalue weighted by atomic mass is 10.1. The van der Waals surface area contributed by atoms with Gasteiger partial charge >= 0.3 is 5.97 Å². The van der Waals surface area contributed by atoms with Gasteiger partial charge in [0.15, 0.2) is 0 Å². The van der Waals surface area contributed by atoms with Gasteiger partial charge in [-0.1, -0.05) is 0 Å². The molecule has 0 heterocycles. The summed E-state index contributed by atoms with van der Waals surface area (Å²) >= 11 is 2.87. The average molecular weight is 466 g/mol. The van der Waals surface area contributed by atoms with Gasteiger partial charge in [0, 0.05) is 0 Å². The van der Waals surface area contributed by atoms with Crippen molar-refractivity contribution in [3.05, 3.63) is 0 Å². The van der Waals surface area contributed by atoms with Crippen LogP contribution in [0.5, 0.6) is 0 Å². The lowest BCUT2D eigenvalue weighted by Crippen LogP contribution is -2.57. The molecule has 172 valence electrons. The Labute approximate surface area is 184 Å². The fourth-order valence-electron chi connectivity index (χ4n) is 2.26. The summed E-state index contributed by atoms with van der Waals surface area (Å²) in [5.74, 6) is -3.15. The topological polar surface area (TPSA) is 194 Å². The predicted molar refractivity (Wildman–Crippen MR) is 117 cm³/mol. The number of amides is 4. The Morgan fingerprint density at radius 3 is 1.70 bits per heavy atom. The Morgan fingerprint density at radius 2 is 1.27 bits per heavy atom. The number of nitrogens with one attached hydrogen (secondary N) is 3. The van der Waals surface area contributed by atoms with E-state index in [2.05, 4.69) is 16.0 Å². The molecule has 0 spiro atoms. The summed E-state index contributed by atoms with van der Waals surface area (Å²) in [7, 11) is 0. The second-order valence-corrected chi connectivity index (χ2v) is 8.52. The molecule has 0 aliphatic rings. The van der Waals surface area contributed by atoms with Gasteiger partial charge in [0.05, 0.1) is 12.5 Å². The Bertz CT molecular complexity index is 619. The molecule has 4 amide bonds. The summed E-state index contributed by atoms with van der Waals surface area (Å²) in [4.78, 5) is 59.8. The van der Waals surface area contributed by atoms with Gasteiger partial charge in [-0.25, -0.2) is 4.79 Å². The van der Waals surface area contributed by atoms with Crippen molar-refractivity contribution in [2.24, 2.45) is 11.5 Å². The van der Waals surface area contributed by atoms with Gasteiger partial charge in [0.1, 0.15) is 18.1 Å². The summed E-state index contributed by atoms with van der Waals surface area (Å²) in [5.41, 5.74) is 10.7. The number of carboxylic acids is 1. The lowest BCUT2D eigenvalue weighted by Gasteiger charge is -2.24. The van der Waals surface area contributed by atoms with Gasteiger partial charge in [-0.05, 0) is 43.8 Å². The zero-order valence-electron chi connectivity index (χ0n) is 17.3. The average Bonchev–Trinajstić information content (AvgIpc) is 2.66. The molecule has 0 saturated heterocycles. The third kappa shape index (κ3) is 11.3. The van der Waals surface area contributed by atoms with E-state index in [1.807, 2.05) is 6.26 Å². The monoisotopic (exact) mass is 465 g/mol. The number of hydrogen-bond donors (Lipinski definition) is 6. The Kier molecular flexibility index (Phi) is 13.9. The molecular weight excluding hydrogens is 434 g/mol. The molecule has 30 heavy (non-hydrogen) atoms. The molecule has 0 rings (SSSR count). The van der Waals surface area contributed by atoms with Crippen LogP contribution < -0.4 is 27.4 Å². The summed E-state index contributed by atoms with van der Waals surface area (Å²) in [6.45, 7) is 1.46. The SMILES string of the molecule is CSCCC(NC(=O)C(CC(N)=O)NC(=O)C(CCSC)NC(=O)C(C)N)C(=O)O. The minimum Gasteiger partial charge on any atom is -0.480 e. The van der Waals surface area contributed by atoms with Gasteiger partial charge in [-0.2, -0.15) is 23.5 Å². The van der Waals surface area contributed by atoms with Gasteiger partial charge in [-0.15, -0.1) is 0 Å². The number of carboxylic acid groups (broad SMARTS) is 1. The highest BCUT2D eigenvalue weighted by Gasteiger charge is 2.30. The molecule has 0 bridgehead atoms. The predicted octanol–water partition coefficient (Wildman–Crippen LogP) is -1.75. The first-order chi connectivity index (χ1) is 14.0. The number of carbonyl (C=O) groups is 5. The molecule has 0 fully saturated rings. The van der Waals surface area contributed by atoms with Gasteiger partial charge in [0.25, 0.3) is 0 Å². The van der Waals surface area contributed by atoms with Crippen LogP contribution in [0.25, 0.3) is 0 Å². The standard InChI is InChI=1S/C17H31N5O6S2/c1-9(18)14(24)20-10(4-6-29-2)15(25)22-12(8-13(19)23)16(26)21-11(17(27)28)5-7-30-3/h9-12H,4-8,18H2,1-3H3,(H2,19,23)(H,20,24)(H,21,26)(H,22,25)(H,27,28). The number of nitrogens with two attached hydrogens (primary N) is 2. The first-order valence-electron chi connectivity index (χ1n) is 9.19. The molecule has 4 unspecified atom stereocenters. The van der Waals surface area contributed by atoms with E-state index in [1.165, 1.54) is 30.4 Å². The van der Waals surface area contributed by atoms with Crippen LogP contribution in [0.4, 0.5) is 0 Å². The fourth-order valence-corrected chi connectivity index (χ4v) is 3.20. The highest BCUT2D eigenvalue weighted by Crippen LogP contribution is 2.05. The lowest BCUT2D eigenvalue weighted by molar-refractivity contribution is -0.142. The van der Waals surface area contributed by atoms with E-state index >= 15 is 0 Å². The normalized spacial score (nSPS) is 14.7. The van der Waals surface area contributed by atoms with E-state index in [1.54, 1.807) is 6.26 Å². The molecule has 13 heteroatoms. The maximum absolute atomic E-state index is 12.7. The van der Waals surface area contributed by atoms with Crippen molar-refractivity contribution >= 4 is 53.1 Å². The number of primary amides is 1. The smallest absolute Gasteiger partial charge is 0.326 e. The first-order valence-corrected chi connectivity index (χ1v) is 12.0. The van der Waals surface area contributed by atoms with Crippen molar-refractivity contribution in [3.63, 3.8) is 0 Å². The summed E-state index contributed by atoms with van der Waals surface area (Å²) in [6, 6.07) is -4.38. The number of hydrogen-bond acceptors (Lipinski definition) is 8. The second-order valence-electron chi connectivity index (χ2n) is 6.54. The summed E-state index contributed by atoms with van der Waals surface area (Å²) in [6.07, 6.45) is 3.53. The molecule has 0 saturated carbocycles. The zero-order valence-corrected chi connectivity index (χ0v) is 18.9. The molecular formula is C17H31N5O6S2. The van der Waals surface area contributed by atoms with Crippen LogP contribution in [-0.2, 0) is 24.0 Å². The molecule has 0 radical (unpaired) electrons. The van der Waals surface area contributed by atoms with Crippen LogP contribution in [0, 0.1) is 0 Å². The first kappa shape index (κ1) is 28.0. The third-order valence-corrected chi connectivity index (χ3v) is 5.21. The maximum atomic E-state index is 12.7. The number of rotatable bonds is 15. The number of carbonyl (C=O) groups excluding carboxylic acids is 4. The molecule has 8 N–H and O–H groups in total. The Morgan fingerprint density at radius 1 is 0.833 bits per heavy atom. The van der Waals surface area contributed by atoms with E-state index in [9.17, 15) is 29.1 Å². The summed E-state index contributed by atoms with van der Waals surface area (Å²) < 4.78 is 0. The molecule has 0 aromatic carbocycles. The van der Waals surface area contributed by atoms with Gasteiger partial charge < -0.3 is 32.5 Å². The van der Waals surface area contributed by atoms with E-state index in [0.717, 1.165) is 0 Å². The van der Waals surface area contributed by atoms with Crippen LogP contribution in [0.1, 0.15) is 26.2 Å². The van der Waals surface area contributed by atoms with Crippen LogP contribution in [0.15, 0.2) is 0 Å². The molecule has 4 atom stereocenters. The van der Waals surface area contributed by atoms with Crippen molar-refractivity contribution in [2.45, 2.75) is 50.4 Å². The largest absolute Gasteiger partial charge is 0.480 e. The fraction of sp³-hybridized carbons (Fsp3) is 0.706. The maximum Gasteiger partial charge on any atom is 0.326 e. The highest BCUT2D eigenvalue weighted by atomic mass is 32.2. The van der Waals surface area contributed by atoms with Crippen molar-refractivity contribution in [1.82, 2.24) is 16.0 Å². The Hall–Kier alpha value is -1.99. The minimum absolute atomic E-state index is 0.167. The van der Waals surface area contributed by atoms with Crippen molar-refractivity contribution in [2.75, 3.05) is 24.0 Å². The molecule has 11 nitrogen and oxygen atoms in total. The van der Waals surface area contributed by atoms with E-state index in [0.29, 0.717) is 11.5 Å². The van der Waals surface area contributed by atoms with Crippen LogP contribution in [0.3, 0.4) is 0 Å². The van der Waals surface area contributed by atoms with E-state index < -0.39 is 60.2 Å². The molecule has 0 aliphatic heterocycles.